The SMILES string of the molecule is CCCC[C@H]1C(=O)N[C@@H](Cc2ccc3ccccc3c2)C(=O)N(C)[C@@H](COC(C)(C)C)C(=O)NCC(=O)N(C)CC/C=C/C(=O)OCC(C)(C)C(=O)C(=O)N2CCCC[C@H]2C(=O)O[C@H](CCc2cc(O)c(OC)c(OC)c2)c2cccc(c2)OCC(=O)N1C. The number of nitrogens with one attached hydrogen (secondary N) is 2. The molecule has 1 saturated heterocycles. The first kappa shape index (κ1) is 69.6. The lowest BCUT2D eigenvalue weighted by Crippen LogP contribution is -2.59. The van der Waals surface area contributed by atoms with Crippen LogP contribution in [0.25, 0.3) is 10.8 Å². The number of amides is 6. The molecule has 2 heterocycles. The Kier molecular flexibility index (Phi) is 25.1. The number of unbranched alkanes of at least 4 members (excludes halogenated alkanes) is 1. The van der Waals surface area contributed by atoms with Crippen LogP contribution in [0.4, 0.5) is 0 Å². The Hall–Kier alpha value is -8.53. The Balaban J connectivity index is 1.36. The molecule has 22 nitrogen and oxygen atoms in total. The molecule has 4 aromatic carbocycles. The number of esters is 2. The van der Waals surface area contributed by atoms with Gasteiger partial charge in [0.25, 0.3) is 11.8 Å². The molecule has 482 valence electrons. The number of Topliss-reactive ketones (excluding diaryl/α,β-unsaturated/α-hetero) is 1. The van der Waals surface area contributed by atoms with E-state index in [4.69, 9.17) is 28.4 Å². The van der Waals surface area contributed by atoms with Gasteiger partial charge in [-0.3, -0.25) is 33.6 Å². The molecule has 4 aromatic rings. The molecule has 22 heteroatoms. The number of ketones is 1. The number of aromatic hydroxyl groups is 1. The number of nitrogens with zero attached hydrogens (tertiary/aromatic N) is 4. The maximum absolute atomic E-state index is 15.1. The van der Waals surface area contributed by atoms with Gasteiger partial charge in [0.05, 0.1) is 38.4 Å². The van der Waals surface area contributed by atoms with Crippen molar-refractivity contribution < 1.29 is 76.7 Å². The van der Waals surface area contributed by atoms with Crippen LogP contribution in [0.1, 0.15) is 116 Å². The first-order valence-electron chi connectivity index (χ1n) is 30.3. The summed E-state index contributed by atoms with van der Waals surface area (Å²) in [5, 5.41) is 18.3. The molecule has 3 N–H and O–H groups in total. The quantitative estimate of drug-likeness (QED) is 0.0996. The minimum absolute atomic E-state index is 0.0109. The van der Waals surface area contributed by atoms with Crippen LogP contribution in [-0.2, 0) is 70.2 Å². The summed E-state index contributed by atoms with van der Waals surface area (Å²) in [5.74, 6) is -6.07. The third kappa shape index (κ3) is 19.5. The lowest BCUT2D eigenvalue weighted by molar-refractivity contribution is -0.165. The second kappa shape index (κ2) is 32.1. The number of carbonyl (C=O) groups is 9. The molecule has 6 rings (SSSR count). The number of phenolic OH excluding ortho intramolecular Hbond substituents is 1. The summed E-state index contributed by atoms with van der Waals surface area (Å²) in [7, 11) is 7.24. The van der Waals surface area contributed by atoms with Crippen LogP contribution in [-0.4, -0.2) is 182 Å². The molecule has 6 amide bonds. The summed E-state index contributed by atoms with van der Waals surface area (Å²) >= 11 is 0. The van der Waals surface area contributed by atoms with Crippen molar-refractivity contribution >= 4 is 63.9 Å². The Labute approximate surface area is 521 Å². The number of hydrogen-bond donors (Lipinski definition) is 3. The van der Waals surface area contributed by atoms with Crippen molar-refractivity contribution in [2.75, 3.05) is 74.8 Å². The second-order valence-electron chi connectivity index (χ2n) is 24.2. The van der Waals surface area contributed by atoms with Crippen molar-refractivity contribution in [3.8, 4) is 23.0 Å². The van der Waals surface area contributed by atoms with E-state index in [1.54, 1.807) is 51.1 Å². The molecule has 1 fully saturated rings. The van der Waals surface area contributed by atoms with Gasteiger partial charge >= 0.3 is 11.9 Å². The average molecular weight is 1230 g/mol. The highest BCUT2D eigenvalue weighted by Crippen LogP contribution is 2.39. The highest BCUT2D eigenvalue weighted by Gasteiger charge is 2.43. The van der Waals surface area contributed by atoms with E-state index < -0.39 is 114 Å². The van der Waals surface area contributed by atoms with Gasteiger partial charge in [-0.15, -0.1) is 0 Å². The Morgan fingerprint density at radius 3 is 2.21 bits per heavy atom. The number of carbonyl (C=O) groups excluding carboxylic acids is 9. The van der Waals surface area contributed by atoms with E-state index in [9.17, 15) is 43.5 Å². The Bertz CT molecular complexity index is 3210. The maximum atomic E-state index is 15.1. The van der Waals surface area contributed by atoms with E-state index in [1.807, 2.05) is 49.4 Å². The third-order valence-electron chi connectivity index (χ3n) is 15.9. The molecule has 0 unspecified atom stereocenters. The fourth-order valence-corrected chi connectivity index (χ4v) is 10.4. The van der Waals surface area contributed by atoms with Gasteiger partial charge in [-0.1, -0.05) is 80.4 Å². The molecule has 89 heavy (non-hydrogen) atoms. The van der Waals surface area contributed by atoms with Crippen molar-refractivity contribution in [1.82, 2.24) is 30.2 Å². The van der Waals surface area contributed by atoms with Gasteiger partial charge in [0, 0.05) is 46.7 Å². The van der Waals surface area contributed by atoms with Crippen molar-refractivity contribution in [3.05, 3.63) is 108 Å². The van der Waals surface area contributed by atoms with E-state index in [0.29, 0.717) is 42.4 Å². The maximum Gasteiger partial charge on any atom is 0.330 e. The van der Waals surface area contributed by atoms with Crippen LogP contribution in [0.15, 0.2) is 91.0 Å². The number of likely N-dealkylation sites (N-methyl/N-ethyl adjacent to an activating group) is 3. The topological polar surface area (TPSA) is 266 Å². The number of methoxy groups -OCH3 is 2. The highest BCUT2D eigenvalue weighted by atomic mass is 16.5. The second-order valence-corrected chi connectivity index (χ2v) is 24.2. The van der Waals surface area contributed by atoms with Crippen LogP contribution in [0, 0.1) is 5.41 Å². The molecular weight excluding hydrogens is 1140 g/mol. The summed E-state index contributed by atoms with van der Waals surface area (Å²) in [6.07, 6.45) is 4.75. The average Bonchev–Trinajstić information content (AvgIpc) is 2.34. The van der Waals surface area contributed by atoms with Crippen LogP contribution < -0.4 is 24.8 Å². The smallest absolute Gasteiger partial charge is 0.330 e. The van der Waals surface area contributed by atoms with E-state index in [0.717, 1.165) is 16.8 Å². The fourth-order valence-electron chi connectivity index (χ4n) is 10.4. The molecule has 5 atom stereocenters. The van der Waals surface area contributed by atoms with E-state index in [-0.39, 0.29) is 81.2 Å². The normalized spacial score (nSPS) is 21.8. The van der Waals surface area contributed by atoms with Gasteiger partial charge in [0.1, 0.15) is 42.6 Å². The zero-order valence-corrected chi connectivity index (χ0v) is 53.2. The summed E-state index contributed by atoms with van der Waals surface area (Å²) in [6.45, 7) is 8.65. The van der Waals surface area contributed by atoms with Gasteiger partial charge in [0.15, 0.2) is 18.1 Å². The van der Waals surface area contributed by atoms with Gasteiger partial charge < -0.3 is 63.8 Å². The van der Waals surface area contributed by atoms with E-state index in [1.165, 1.54) is 81.0 Å². The van der Waals surface area contributed by atoms with Gasteiger partial charge in [-0.05, 0) is 131 Å². The van der Waals surface area contributed by atoms with Crippen LogP contribution in [0.5, 0.6) is 23.0 Å². The van der Waals surface area contributed by atoms with Crippen molar-refractivity contribution in [3.63, 3.8) is 0 Å². The van der Waals surface area contributed by atoms with Crippen molar-refractivity contribution in [2.24, 2.45) is 5.41 Å². The molecule has 0 aliphatic carbocycles. The van der Waals surface area contributed by atoms with Crippen molar-refractivity contribution in [2.45, 2.75) is 142 Å². The number of ether oxygens (including phenoxy) is 6. The third-order valence-corrected chi connectivity index (χ3v) is 15.9. The zero-order chi connectivity index (χ0) is 65.2. The Morgan fingerprint density at radius 2 is 1.51 bits per heavy atom. The fraction of sp³-hybridized carbons (Fsp3) is 0.507. The molecule has 0 aromatic heterocycles. The predicted molar refractivity (Wildman–Crippen MR) is 332 cm³/mol. The molecule has 0 saturated carbocycles. The summed E-state index contributed by atoms with van der Waals surface area (Å²) < 4.78 is 34.8. The lowest BCUT2D eigenvalue weighted by atomic mass is 9.87. The highest BCUT2D eigenvalue weighted by molar-refractivity contribution is 6.38. The minimum Gasteiger partial charge on any atom is -0.504 e. The summed E-state index contributed by atoms with van der Waals surface area (Å²) in [4.78, 5) is 133. The van der Waals surface area contributed by atoms with Crippen LogP contribution in [0.2, 0.25) is 0 Å². The Morgan fingerprint density at radius 1 is 0.764 bits per heavy atom. The number of benzene rings is 4. The van der Waals surface area contributed by atoms with E-state index in [2.05, 4.69) is 10.6 Å². The molecule has 2 aliphatic rings. The van der Waals surface area contributed by atoms with Gasteiger partial charge in [-0.25, -0.2) is 9.59 Å². The number of cyclic esters (lactones) is 2. The number of hydrogen-bond acceptors (Lipinski definition) is 16. The number of fused-ring (bicyclic) bond motifs is 4. The molecule has 2 bridgehead atoms. The van der Waals surface area contributed by atoms with Gasteiger partial charge in [0.2, 0.25) is 35.2 Å². The monoisotopic (exact) mass is 1230 g/mol. The minimum atomic E-state index is -1.52. The summed E-state index contributed by atoms with van der Waals surface area (Å²) in [5.41, 5.74) is -0.539. The van der Waals surface area contributed by atoms with Crippen LogP contribution >= 0.6 is 0 Å². The molecule has 0 spiro atoms. The number of piperidine rings is 1. The standard InChI is InChI=1S/C67H88N6O16/c1-12-13-25-50-62(80)69-49(35-43-28-30-45-21-14-15-22-46(45)34-43)63(81)72(9)52(40-88-66(2,3)4)61(79)68-39-56(75)70(7)32-18-17-27-58(77)87-42-67(5,6)60(78)64(82)73-33-19-16-26-51(73)65(83)89-54(31-29-44-36-53(74)59(85-11)55(37-44)84-10)47-23-20-24-48(38-47)86-41-57(76)71(50)8/h14-15,17,20-24,27-28,30,34,36-38,49-52,54,74H,12-13,16,18-19,25-26,29,31-33,35,39-42H2,1-11H3,(H,68,79)(H,69,80)/b27-17+/t49-,50-,51-,52-,54+/m0/s1. The number of phenols is 1. The first-order chi connectivity index (χ1) is 42.2. The van der Waals surface area contributed by atoms with E-state index >= 15 is 4.79 Å². The van der Waals surface area contributed by atoms with Crippen molar-refractivity contribution in [1.29, 1.82) is 0 Å². The number of rotatable bonds is 12. The molecule has 0 radical (unpaired) electrons. The summed E-state index contributed by atoms with van der Waals surface area (Å²) in [6, 6.07) is 18.3. The predicted octanol–water partition coefficient (Wildman–Crippen LogP) is 6.60. The number of aryl methyl sites for hydroxylation is 1. The van der Waals surface area contributed by atoms with Crippen LogP contribution in [0.3, 0.4) is 0 Å². The zero-order valence-electron chi connectivity index (χ0n) is 53.2. The van der Waals surface area contributed by atoms with Gasteiger partial charge in [-0.2, -0.15) is 0 Å². The lowest BCUT2D eigenvalue weighted by Gasteiger charge is -2.36. The largest absolute Gasteiger partial charge is 0.504 e. The molecular formula is C67H88N6O16. The molecule has 2 aliphatic heterocycles. The first-order valence-corrected chi connectivity index (χ1v) is 30.3.